The minimum absolute atomic E-state index is 0. The Bertz CT molecular complexity index is 360. The van der Waals surface area contributed by atoms with Gasteiger partial charge in [-0.25, -0.2) is 0 Å². The molecule has 1 atom stereocenters. The first-order chi connectivity index (χ1) is 10.7. The molecule has 5 nitrogen and oxygen atoms in total. The van der Waals surface area contributed by atoms with E-state index in [4.69, 9.17) is 0 Å². The smallest absolute Gasteiger partial charge is 0.234 e. The van der Waals surface area contributed by atoms with Crippen LogP contribution in [-0.4, -0.2) is 73.6 Å². The van der Waals surface area contributed by atoms with Gasteiger partial charge in [-0.2, -0.15) is 0 Å². The normalized spacial score (nSPS) is 33.2. The summed E-state index contributed by atoms with van der Waals surface area (Å²) in [5, 5.41) is 6.69. The predicted molar refractivity (Wildman–Crippen MR) is 96.1 cm³/mol. The zero-order valence-corrected chi connectivity index (χ0v) is 15.2. The lowest BCUT2D eigenvalue weighted by Gasteiger charge is -2.37. The lowest BCUT2D eigenvalue weighted by atomic mass is 9.87. The molecule has 0 bridgehead atoms. The molecule has 0 aromatic rings. The van der Waals surface area contributed by atoms with Gasteiger partial charge in [-0.05, 0) is 44.6 Å². The maximum atomic E-state index is 12.2. The Kier molecular flexibility index (Phi) is 7.60. The van der Waals surface area contributed by atoms with E-state index in [0.717, 1.165) is 64.1 Å². The van der Waals surface area contributed by atoms with Crippen molar-refractivity contribution in [2.75, 3.05) is 45.8 Å². The number of hydrogen-bond acceptors (Lipinski definition) is 4. The third kappa shape index (κ3) is 5.59. The van der Waals surface area contributed by atoms with E-state index in [2.05, 4.69) is 27.4 Å². The first-order valence-corrected chi connectivity index (χ1v) is 9.17. The Morgan fingerprint density at radius 2 is 1.78 bits per heavy atom. The second-order valence-electron chi connectivity index (χ2n) is 7.48. The number of piperazine rings is 1. The highest BCUT2D eigenvalue weighted by atomic mass is 35.5. The summed E-state index contributed by atoms with van der Waals surface area (Å²) in [4.78, 5) is 17.1. The summed E-state index contributed by atoms with van der Waals surface area (Å²) in [6.07, 6.45) is 6.13. The summed E-state index contributed by atoms with van der Waals surface area (Å²) >= 11 is 0. The van der Waals surface area contributed by atoms with E-state index >= 15 is 0 Å². The van der Waals surface area contributed by atoms with E-state index < -0.39 is 0 Å². The molecule has 1 unspecified atom stereocenters. The Morgan fingerprint density at radius 1 is 1.09 bits per heavy atom. The highest BCUT2D eigenvalue weighted by Gasteiger charge is 2.27. The number of carbonyl (C=O) groups is 1. The van der Waals surface area contributed by atoms with Crippen molar-refractivity contribution in [1.29, 1.82) is 0 Å². The standard InChI is InChI=1S/C17H32N4O.ClH/c1-14-2-4-15(5-3-14)19-17(22)13-20-8-10-21(11-9-20)16-6-7-18-12-16;/h14-16,18H,2-13H2,1H3,(H,19,22);1H. The highest BCUT2D eigenvalue weighted by Crippen LogP contribution is 2.23. The molecule has 1 saturated carbocycles. The average molecular weight is 345 g/mol. The van der Waals surface area contributed by atoms with Crippen LogP contribution in [0.4, 0.5) is 0 Å². The molecule has 0 aromatic heterocycles. The third-order valence-corrected chi connectivity index (χ3v) is 5.71. The first kappa shape index (κ1) is 19.0. The van der Waals surface area contributed by atoms with Crippen molar-refractivity contribution in [1.82, 2.24) is 20.4 Å². The first-order valence-electron chi connectivity index (χ1n) is 9.17. The Labute approximate surface area is 146 Å². The van der Waals surface area contributed by atoms with Gasteiger partial charge in [0, 0.05) is 44.8 Å². The number of halogens is 1. The molecule has 0 radical (unpaired) electrons. The maximum Gasteiger partial charge on any atom is 0.234 e. The highest BCUT2D eigenvalue weighted by molar-refractivity contribution is 5.85. The van der Waals surface area contributed by atoms with E-state index in [1.165, 1.54) is 19.3 Å². The van der Waals surface area contributed by atoms with Gasteiger partial charge in [-0.15, -0.1) is 12.4 Å². The van der Waals surface area contributed by atoms with Gasteiger partial charge >= 0.3 is 0 Å². The molecule has 3 aliphatic rings. The van der Waals surface area contributed by atoms with Gasteiger partial charge < -0.3 is 10.6 Å². The monoisotopic (exact) mass is 344 g/mol. The topological polar surface area (TPSA) is 47.6 Å². The van der Waals surface area contributed by atoms with Crippen LogP contribution >= 0.6 is 12.4 Å². The van der Waals surface area contributed by atoms with Crippen molar-refractivity contribution >= 4 is 18.3 Å². The molecule has 1 amide bonds. The Hall–Kier alpha value is -0.360. The number of rotatable bonds is 4. The molecule has 3 rings (SSSR count). The third-order valence-electron chi connectivity index (χ3n) is 5.71. The minimum atomic E-state index is 0. The maximum absolute atomic E-state index is 12.2. The minimum Gasteiger partial charge on any atom is -0.352 e. The Morgan fingerprint density at radius 3 is 2.39 bits per heavy atom. The number of nitrogens with zero attached hydrogens (tertiary/aromatic N) is 2. The predicted octanol–water partition coefficient (Wildman–Crippen LogP) is 1.08. The summed E-state index contributed by atoms with van der Waals surface area (Å²) in [5.74, 6) is 1.07. The summed E-state index contributed by atoms with van der Waals surface area (Å²) in [6, 6.07) is 1.15. The van der Waals surface area contributed by atoms with E-state index in [-0.39, 0.29) is 18.3 Å². The number of carbonyl (C=O) groups excluding carboxylic acids is 1. The number of nitrogens with one attached hydrogen (secondary N) is 2. The van der Waals surface area contributed by atoms with Crippen LogP contribution in [0.1, 0.15) is 39.0 Å². The molecule has 0 spiro atoms. The molecule has 23 heavy (non-hydrogen) atoms. The van der Waals surface area contributed by atoms with Crippen molar-refractivity contribution in [3.05, 3.63) is 0 Å². The summed E-state index contributed by atoms with van der Waals surface area (Å²) in [6.45, 7) is 9.49. The van der Waals surface area contributed by atoms with Crippen LogP contribution in [0.25, 0.3) is 0 Å². The van der Waals surface area contributed by atoms with Crippen LogP contribution in [0.2, 0.25) is 0 Å². The van der Waals surface area contributed by atoms with E-state index in [9.17, 15) is 4.79 Å². The lowest BCUT2D eigenvalue weighted by Crippen LogP contribution is -2.53. The van der Waals surface area contributed by atoms with Gasteiger partial charge in [0.2, 0.25) is 5.91 Å². The summed E-state index contributed by atoms with van der Waals surface area (Å²) < 4.78 is 0. The molecule has 2 N–H and O–H groups in total. The van der Waals surface area contributed by atoms with Crippen molar-refractivity contribution < 1.29 is 4.79 Å². The van der Waals surface area contributed by atoms with Gasteiger partial charge in [0.25, 0.3) is 0 Å². The fourth-order valence-electron chi connectivity index (χ4n) is 4.12. The fraction of sp³-hybridized carbons (Fsp3) is 0.941. The van der Waals surface area contributed by atoms with Gasteiger partial charge in [-0.1, -0.05) is 6.92 Å². The Balaban J connectivity index is 0.00000192. The van der Waals surface area contributed by atoms with E-state index in [1.807, 2.05) is 0 Å². The van der Waals surface area contributed by atoms with Crippen molar-refractivity contribution in [3.63, 3.8) is 0 Å². The average Bonchev–Trinajstić information content (AvgIpc) is 3.05. The lowest BCUT2D eigenvalue weighted by molar-refractivity contribution is -0.123. The quantitative estimate of drug-likeness (QED) is 0.801. The van der Waals surface area contributed by atoms with E-state index in [1.54, 1.807) is 0 Å². The molecule has 3 fully saturated rings. The van der Waals surface area contributed by atoms with Crippen LogP contribution in [0.5, 0.6) is 0 Å². The molecule has 6 heteroatoms. The van der Waals surface area contributed by atoms with Crippen LogP contribution in [0.15, 0.2) is 0 Å². The number of amides is 1. The zero-order valence-electron chi connectivity index (χ0n) is 14.4. The molecular weight excluding hydrogens is 312 g/mol. The molecule has 1 aliphatic carbocycles. The molecule has 2 aliphatic heterocycles. The van der Waals surface area contributed by atoms with Crippen LogP contribution in [0.3, 0.4) is 0 Å². The van der Waals surface area contributed by atoms with Crippen molar-refractivity contribution in [2.24, 2.45) is 5.92 Å². The molecule has 2 heterocycles. The van der Waals surface area contributed by atoms with Crippen LogP contribution in [0, 0.1) is 5.92 Å². The van der Waals surface area contributed by atoms with Gasteiger partial charge in [0.1, 0.15) is 0 Å². The molecule has 0 aromatic carbocycles. The van der Waals surface area contributed by atoms with Crippen LogP contribution < -0.4 is 10.6 Å². The molecular formula is C17H33ClN4O. The second kappa shape index (κ2) is 9.21. The zero-order chi connectivity index (χ0) is 15.4. The van der Waals surface area contributed by atoms with Crippen molar-refractivity contribution in [2.45, 2.75) is 51.1 Å². The van der Waals surface area contributed by atoms with Gasteiger partial charge in [0.15, 0.2) is 0 Å². The van der Waals surface area contributed by atoms with Crippen LogP contribution in [-0.2, 0) is 4.79 Å². The largest absolute Gasteiger partial charge is 0.352 e. The number of hydrogen-bond donors (Lipinski definition) is 2. The second-order valence-corrected chi connectivity index (χ2v) is 7.48. The fourth-order valence-corrected chi connectivity index (χ4v) is 4.12. The summed E-state index contributed by atoms with van der Waals surface area (Å²) in [7, 11) is 0. The molecule has 2 saturated heterocycles. The van der Waals surface area contributed by atoms with Gasteiger partial charge in [0.05, 0.1) is 6.54 Å². The van der Waals surface area contributed by atoms with E-state index in [0.29, 0.717) is 12.6 Å². The van der Waals surface area contributed by atoms with Crippen molar-refractivity contribution in [3.8, 4) is 0 Å². The van der Waals surface area contributed by atoms with Gasteiger partial charge in [-0.3, -0.25) is 14.6 Å². The SMILES string of the molecule is CC1CCC(NC(=O)CN2CCN(C3CCNC3)CC2)CC1.Cl. The molecule has 134 valence electrons. The summed E-state index contributed by atoms with van der Waals surface area (Å²) in [5.41, 5.74) is 0.